The third kappa shape index (κ3) is 3.72. The molecule has 1 amide bonds. The second kappa shape index (κ2) is 5.52. The number of rotatable bonds is 4. The quantitative estimate of drug-likeness (QED) is 0.846. The zero-order chi connectivity index (χ0) is 11.3. The maximum absolute atomic E-state index is 11.6. The van der Waals surface area contributed by atoms with Crippen LogP contribution in [0.5, 0.6) is 0 Å². The Hall–Kier alpha value is -1.34. The smallest absolute Gasteiger partial charge is 0.237 e. The van der Waals surface area contributed by atoms with Gasteiger partial charge >= 0.3 is 0 Å². The molecule has 0 aliphatic heterocycles. The zero-order valence-corrected chi connectivity index (χ0v) is 9.67. The van der Waals surface area contributed by atoms with Crippen LogP contribution >= 0.6 is 11.3 Å². The molecule has 0 aromatic carbocycles. The fourth-order valence-electron chi connectivity index (χ4n) is 1.21. The minimum absolute atomic E-state index is 0.0803. The van der Waals surface area contributed by atoms with Crippen molar-refractivity contribution in [2.45, 2.75) is 26.3 Å². The molecule has 0 spiro atoms. The Morgan fingerprint density at radius 2 is 2.40 bits per heavy atom. The van der Waals surface area contributed by atoms with E-state index in [1.165, 1.54) is 0 Å². The largest absolute Gasteiger partial charge is 0.353 e. The fourth-order valence-corrected chi connectivity index (χ4v) is 1.96. The van der Waals surface area contributed by atoms with E-state index in [2.05, 4.69) is 5.32 Å². The van der Waals surface area contributed by atoms with Crippen molar-refractivity contribution < 1.29 is 4.79 Å². The maximum atomic E-state index is 11.6. The lowest BCUT2D eigenvalue weighted by Gasteiger charge is -2.11. The lowest BCUT2D eigenvalue weighted by molar-refractivity contribution is -0.123. The molecule has 1 aromatic heterocycles. The van der Waals surface area contributed by atoms with Gasteiger partial charge in [-0.05, 0) is 25.3 Å². The number of carbonyl (C=O) groups is 1. The third-order valence-corrected chi connectivity index (χ3v) is 2.79. The first-order valence-electron chi connectivity index (χ1n) is 4.86. The summed E-state index contributed by atoms with van der Waals surface area (Å²) in [6.45, 7) is 3.77. The molecule has 3 nitrogen and oxygen atoms in total. The van der Waals surface area contributed by atoms with Gasteiger partial charge in [-0.25, -0.2) is 0 Å². The number of carbonyl (C=O) groups excluding carboxylic acids is 1. The van der Waals surface area contributed by atoms with E-state index in [1.54, 1.807) is 11.3 Å². The molecular weight excluding hydrogens is 208 g/mol. The van der Waals surface area contributed by atoms with Crippen LogP contribution in [-0.4, -0.2) is 11.9 Å². The Kier molecular flexibility index (Phi) is 4.32. The summed E-state index contributed by atoms with van der Waals surface area (Å²) in [4.78, 5) is 12.7. The molecule has 1 unspecified atom stereocenters. The lowest BCUT2D eigenvalue weighted by atomic mass is 10.1. The second-order valence-electron chi connectivity index (χ2n) is 3.63. The molecule has 1 rings (SSSR count). The highest BCUT2D eigenvalue weighted by Gasteiger charge is 2.19. The van der Waals surface area contributed by atoms with Gasteiger partial charge in [-0.1, -0.05) is 6.07 Å². The van der Waals surface area contributed by atoms with Gasteiger partial charge in [-0.3, -0.25) is 4.79 Å². The highest BCUT2D eigenvalue weighted by atomic mass is 32.1. The molecule has 80 valence electrons. The van der Waals surface area contributed by atoms with Gasteiger partial charge in [0.15, 0.2) is 0 Å². The highest BCUT2D eigenvalue weighted by Crippen LogP contribution is 2.14. The predicted octanol–water partition coefficient (Wildman–Crippen LogP) is 1.95. The van der Waals surface area contributed by atoms with E-state index >= 15 is 0 Å². The van der Waals surface area contributed by atoms with Gasteiger partial charge in [-0.15, -0.1) is 11.3 Å². The standard InChI is InChI=1S/C11H14N2OS/c1-8(2)13-11(14)9(7-12)6-10-4-3-5-15-10/h3-5,8-9H,6H2,1-2H3,(H,13,14). The summed E-state index contributed by atoms with van der Waals surface area (Å²) >= 11 is 1.57. The van der Waals surface area contributed by atoms with Crippen LogP contribution in [0.15, 0.2) is 17.5 Å². The molecule has 0 aliphatic rings. The van der Waals surface area contributed by atoms with E-state index in [9.17, 15) is 4.79 Å². The summed E-state index contributed by atoms with van der Waals surface area (Å²) in [5, 5.41) is 13.6. The van der Waals surface area contributed by atoms with Crippen molar-refractivity contribution in [3.8, 4) is 6.07 Å². The highest BCUT2D eigenvalue weighted by molar-refractivity contribution is 7.09. The summed E-state index contributed by atoms with van der Waals surface area (Å²) in [6.07, 6.45) is 0.507. The van der Waals surface area contributed by atoms with Gasteiger partial charge < -0.3 is 5.32 Å². The SMILES string of the molecule is CC(C)NC(=O)C(C#N)Cc1cccs1. The van der Waals surface area contributed by atoms with Gasteiger partial charge in [0.1, 0.15) is 5.92 Å². The molecule has 1 heterocycles. The van der Waals surface area contributed by atoms with E-state index in [4.69, 9.17) is 5.26 Å². The van der Waals surface area contributed by atoms with Crippen LogP contribution < -0.4 is 5.32 Å². The maximum Gasteiger partial charge on any atom is 0.237 e. The van der Waals surface area contributed by atoms with Crippen LogP contribution in [-0.2, 0) is 11.2 Å². The predicted molar refractivity (Wildman–Crippen MR) is 60.4 cm³/mol. The monoisotopic (exact) mass is 222 g/mol. The molecule has 1 N–H and O–H groups in total. The number of hydrogen-bond donors (Lipinski definition) is 1. The van der Waals surface area contributed by atoms with Crippen molar-refractivity contribution >= 4 is 17.2 Å². The second-order valence-corrected chi connectivity index (χ2v) is 4.66. The van der Waals surface area contributed by atoms with Crippen molar-refractivity contribution in [3.05, 3.63) is 22.4 Å². The number of thiophene rings is 1. The first-order valence-corrected chi connectivity index (χ1v) is 5.74. The molecular formula is C11H14N2OS. The lowest BCUT2D eigenvalue weighted by Crippen LogP contribution is -2.35. The molecule has 0 radical (unpaired) electrons. The van der Waals surface area contributed by atoms with Crippen LogP contribution in [0.3, 0.4) is 0 Å². The van der Waals surface area contributed by atoms with E-state index in [0.717, 1.165) is 4.88 Å². The minimum atomic E-state index is -0.578. The van der Waals surface area contributed by atoms with Crippen LogP contribution in [0.2, 0.25) is 0 Å². The minimum Gasteiger partial charge on any atom is -0.353 e. The average Bonchev–Trinajstić information content (AvgIpc) is 2.65. The summed E-state index contributed by atoms with van der Waals surface area (Å²) in [7, 11) is 0. The Morgan fingerprint density at radius 3 is 2.87 bits per heavy atom. The number of nitriles is 1. The van der Waals surface area contributed by atoms with Crippen LogP contribution in [0.4, 0.5) is 0 Å². The third-order valence-electron chi connectivity index (χ3n) is 1.89. The summed E-state index contributed by atoms with van der Waals surface area (Å²) in [6, 6.07) is 5.99. The molecule has 1 aromatic rings. The van der Waals surface area contributed by atoms with Crippen molar-refractivity contribution in [3.63, 3.8) is 0 Å². The van der Waals surface area contributed by atoms with Crippen LogP contribution in [0.1, 0.15) is 18.7 Å². The molecule has 0 fully saturated rings. The Bertz CT molecular complexity index is 351. The van der Waals surface area contributed by atoms with Gasteiger partial charge in [0, 0.05) is 17.3 Å². The van der Waals surface area contributed by atoms with Gasteiger partial charge in [0.2, 0.25) is 5.91 Å². The van der Waals surface area contributed by atoms with E-state index in [0.29, 0.717) is 6.42 Å². The first kappa shape index (κ1) is 11.7. The molecule has 0 bridgehead atoms. The zero-order valence-electron chi connectivity index (χ0n) is 8.86. The summed E-state index contributed by atoms with van der Waals surface area (Å²) in [5.74, 6) is -0.757. The summed E-state index contributed by atoms with van der Waals surface area (Å²) in [5.41, 5.74) is 0. The number of amides is 1. The van der Waals surface area contributed by atoms with Gasteiger partial charge in [0.05, 0.1) is 6.07 Å². The summed E-state index contributed by atoms with van der Waals surface area (Å²) < 4.78 is 0. The van der Waals surface area contributed by atoms with Crippen LogP contribution in [0.25, 0.3) is 0 Å². The number of nitrogens with zero attached hydrogens (tertiary/aromatic N) is 1. The van der Waals surface area contributed by atoms with E-state index < -0.39 is 5.92 Å². The van der Waals surface area contributed by atoms with Crippen molar-refractivity contribution in [1.82, 2.24) is 5.32 Å². The number of nitrogens with one attached hydrogen (secondary N) is 1. The Morgan fingerprint density at radius 1 is 1.67 bits per heavy atom. The molecule has 0 aliphatic carbocycles. The molecule has 1 atom stereocenters. The fraction of sp³-hybridized carbons (Fsp3) is 0.455. The normalized spacial score (nSPS) is 12.1. The number of hydrogen-bond acceptors (Lipinski definition) is 3. The topological polar surface area (TPSA) is 52.9 Å². The molecule has 4 heteroatoms. The average molecular weight is 222 g/mol. The molecule has 0 saturated carbocycles. The van der Waals surface area contributed by atoms with Gasteiger partial charge in [0.25, 0.3) is 0 Å². The molecule has 0 saturated heterocycles. The molecule has 15 heavy (non-hydrogen) atoms. The van der Waals surface area contributed by atoms with Gasteiger partial charge in [-0.2, -0.15) is 5.26 Å². The van der Waals surface area contributed by atoms with Crippen molar-refractivity contribution in [1.29, 1.82) is 5.26 Å². The van der Waals surface area contributed by atoms with Crippen LogP contribution in [0, 0.1) is 17.2 Å². The Labute approximate surface area is 93.7 Å². The van der Waals surface area contributed by atoms with Crippen molar-refractivity contribution in [2.75, 3.05) is 0 Å². The Balaban J connectivity index is 2.57. The first-order chi connectivity index (χ1) is 7.13. The van der Waals surface area contributed by atoms with E-state index in [-0.39, 0.29) is 11.9 Å². The van der Waals surface area contributed by atoms with E-state index in [1.807, 2.05) is 37.4 Å². The van der Waals surface area contributed by atoms with Crippen molar-refractivity contribution in [2.24, 2.45) is 5.92 Å².